The molecule has 0 aliphatic carbocycles. The normalized spacial score (nSPS) is 10.6. The Hall–Kier alpha value is -2.89. The summed E-state index contributed by atoms with van der Waals surface area (Å²) in [6.07, 6.45) is 0. The lowest BCUT2D eigenvalue weighted by Gasteiger charge is -2.05. The molecule has 0 spiro atoms. The van der Waals surface area contributed by atoms with Crippen LogP contribution in [0.15, 0.2) is 48.5 Å². The zero-order chi connectivity index (χ0) is 16.2. The number of halogens is 2. The summed E-state index contributed by atoms with van der Waals surface area (Å²) in [6, 6.07) is 12.5. The van der Waals surface area contributed by atoms with E-state index in [1.54, 1.807) is 13.2 Å². The highest BCUT2D eigenvalue weighted by Crippen LogP contribution is 2.29. The van der Waals surface area contributed by atoms with Crippen LogP contribution in [0.5, 0.6) is 11.6 Å². The molecular formula is C17H14F2N2O2. The number of nitrogens with zero attached hydrogens (tertiary/aromatic N) is 1. The predicted octanol–water partition coefficient (Wildman–Crippen LogP) is 3.94. The molecule has 4 nitrogen and oxygen atoms in total. The highest BCUT2D eigenvalue weighted by molar-refractivity contribution is 5.67. The van der Waals surface area contributed by atoms with Gasteiger partial charge in [-0.1, -0.05) is 12.1 Å². The van der Waals surface area contributed by atoms with Gasteiger partial charge in [-0.05, 0) is 24.3 Å². The van der Waals surface area contributed by atoms with E-state index in [0.29, 0.717) is 11.6 Å². The van der Waals surface area contributed by atoms with Gasteiger partial charge in [0, 0.05) is 23.3 Å². The molecule has 0 aliphatic heterocycles. The Bertz CT molecular complexity index is 818. The quantitative estimate of drug-likeness (QED) is 0.775. The molecule has 0 aliphatic rings. The molecule has 0 unspecified atom stereocenters. The van der Waals surface area contributed by atoms with Gasteiger partial charge in [-0.15, -0.1) is 5.10 Å². The number of aromatic nitrogens is 2. The van der Waals surface area contributed by atoms with Gasteiger partial charge in [0.25, 0.3) is 0 Å². The number of hydrogen-bond donors (Lipinski definition) is 1. The van der Waals surface area contributed by atoms with Gasteiger partial charge in [0.15, 0.2) is 0 Å². The zero-order valence-electron chi connectivity index (χ0n) is 12.3. The lowest BCUT2D eigenvalue weighted by atomic mass is 10.1. The maximum Gasteiger partial charge on any atom is 0.233 e. The van der Waals surface area contributed by atoms with E-state index in [9.17, 15) is 8.78 Å². The molecule has 1 aromatic heterocycles. The fraction of sp³-hybridized carbons (Fsp3) is 0.118. The minimum absolute atomic E-state index is 0.0394. The van der Waals surface area contributed by atoms with Crippen molar-refractivity contribution in [1.82, 2.24) is 10.2 Å². The van der Waals surface area contributed by atoms with E-state index >= 15 is 0 Å². The van der Waals surface area contributed by atoms with Crippen LogP contribution in [-0.4, -0.2) is 17.3 Å². The molecule has 1 N–H and O–H groups in total. The van der Waals surface area contributed by atoms with Gasteiger partial charge in [-0.2, -0.15) is 0 Å². The summed E-state index contributed by atoms with van der Waals surface area (Å²) in [6.45, 7) is -0.0394. The minimum Gasteiger partial charge on any atom is -0.496 e. The Kier molecular flexibility index (Phi) is 4.23. The summed E-state index contributed by atoms with van der Waals surface area (Å²) in [5, 5.41) is 6.88. The standard InChI is InChI=1S/C17H14F2N2O2/c1-22-16-5-3-2-4-13(16)15-9-17(21-20-15)23-10-11-6-7-12(18)8-14(11)19/h2-9H,10H2,1H3,(H,20,21). The van der Waals surface area contributed by atoms with Gasteiger partial charge in [0.2, 0.25) is 5.88 Å². The van der Waals surface area contributed by atoms with E-state index < -0.39 is 11.6 Å². The van der Waals surface area contributed by atoms with Crippen LogP contribution in [0.1, 0.15) is 5.56 Å². The fourth-order valence-electron chi connectivity index (χ4n) is 2.17. The minimum atomic E-state index is -0.648. The highest BCUT2D eigenvalue weighted by atomic mass is 19.1. The summed E-state index contributed by atoms with van der Waals surface area (Å²) in [7, 11) is 1.59. The third kappa shape index (κ3) is 3.31. The first kappa shape index (κ1) is 15.0. The molecule has 118 valence electrons. The van der Waals surface area contributed by atoms with E-state index in [1.807, 2.05) is 24.3 Å². The summed E-state index contributed by atoms with van der Waals surface area (Å²) < 4.78 is 37.2. The molecule has 3 rings (SSSR count). The molecule has 0 saturated heterocycles. The van der Waals surface area contributed by atoms with Crippen LogP contribution in [-0.2, 0) is 6.61 Å². The van der Waals surface area contributed by atoms with Gasteiger partial charge in [0.05, 0.1) is 12.8 Å². The molecule has 2 aromatic carbocycles. The largest absolute Gasteiger partial charge is 0.496 e. The number of H-pyrrole nitrogens is 1. The number of rotatable bonds is 5. The maximum absolute atomic E-state index is 13.6. The molecule has 0 radical (unpaired) electrons. The van der Waals surface area contributed by atoms with E-state index in [1.165, 1.54) is 12.1 Å². The van der Waals surface area contributed by atoms with Gasteiger partial charge in [-0.25, -0.2) is 8.78 Å². The number of ether oxygens (including phenoxy) is 2. The fourth-order valence-corrected chi connectivity index (χ4v) is 2.17. The second-order valence-electron chi connectivity index (χ2n) is 4.84. The zero-order valence-corrected chi connectivity index (χ0v) is 12.3. The lowest BCUT2D eigenvalue weighted by Crippen LogP contribution is -1.99. The van der Waals surface area contributed by atoms with Crippen molar-refractivity contribution in [2.75, 3.05) is 7.11 Å². The van der Waals surface area contributed by atoms with Crippen molar-refractivity contribution in [3.8, 4) is 22.9 Å². The first-order chi connectivity index (χ1) is 11.2. The average molecular weight is 316 g/mol. The lowest BCUT2D eigenvalue weighted by molar-refractivity contribution is 0.287. The topological polar surface area (TPSA) is 47.1 Å². The molecule has 3 aromatic rings. The second kappa shape index (κ2) is 6.48. The van der Waals surface area contributed by atoms with E-state index in [0.717, 1.165) is 17.3 Å². The Morgan fingerprint density at radius 3 is 2.70 bits per heavy atom. The molecule has 23 heavy (non-hydrogen) atoms. The predicted molar refractivity (Wildman–Crippen MR) is 81.3 cm³/mol. The molecule has 1 heterocycles. The Labute approximate surface area is 131 Å². The first-order valence-electron chi connectivity index (χ1n) is 6.93. The molecule has 0 saturated carbocycles. The van der Waals surface area contributed by atoms with Crippen LogP contribution in [0, 0.1) is 11.6 Å². The van der Waals surface area contributed by atoms with Crippen LogP contribution >= 0.6 is 0 Å². The summed E-state index contributed by atoms with van der Waals surface area (Å²) in [4.78, 5) is 0. The van der Waals surface area contributed by atoms with Crippen LogP contribution in [0.3, 0.4) is 0 Å². The smallest absolute Gasteiger partial charge is 0.233 e. The van der Waals surface area contributed by atoms with Gasteiger partial charge in [0.1, 0.15) is 24.0 Å². The van der Waals surface area contributed by atoms with Crippen molar-refractivity contribution >= 4 is 0 Å². The van der Waals surface area contributed by atoms with Crippen LogP contribution < -0.4 is 9.47 Å². The Morgan fingerprint density at radius 1 is 1.09 bits per heavy atom. The monoisotopic (exact) mass is 316 g/mol. The first-order valence-corrected chi connectivity index (χ1v) is 6.93. The van der Waals surface area contributed by atoms with Crippen LogP contribution in [0.4, 0.5) is 8.78 Å². The van der Waals surface area contributed by atoms with Crippen LogP contribution in [0.2, 0.25) is 0 Å². The van der Waals surface area contributed by atoms with Crippen molar-refractivity contribution in [1.29, 1.82) is 0 Å². The summed E-state index contributed by atoms with van der Waals surface area (Å²) >= 11 is 0. The molecule has 0 amide bonds. The van der Waals surface area contributed by atoms with Crippen molar-refractivity contribution in [2.24, 2.45) is 0 Å². The summed E-state index contributed by atoms with van der Waals surface area (Å²) in [5.74, 6) is -0.253. The number of aromatic amines is 1. The van der Waals surface area contributed by atoms with Crippen molar-refractivity contribution in [2.45, 2.75) is 6.61 Å². The number of benzene rings is 2. The molecule has 6 heteroatoms. The number of para-hydroxylation sites is 1. The highest BCUT2D eigenvalue weighted by Gasteiger charge is 2.10. The van der Waals surface area contributed by atoms with Crippen LogP contribution in [0.25, 0.3) is 11.3 Å². The maximum atomic E-state index is 13.6. The number of methoxy groups -OCH3 is 1. The van der Waals surface area contributed by atoms with Crippen molar-refractivity contribution in [3.63, 3.8) is 0 Å². The number of hydrogen-bond acceptors (Lipinski definition) is 3. The van der Waals surface area contributed by atoms with E-state index in [4.69, 9.17) is 9.47 Å². The van der Waals surface area contributed by atoms with Crippen molar-refractivity contribution in [3.05, 3.63) is 65.7 Å². The Morgan fingerprint density at radius 2 is 1.91 bits per heavy atom. The Balaban J connectivity index is 1.75. The molecular weight excluding hydrogens is 302 g/mol. The van der Waals surface area contributed by atoms with Gasteiger partial charge in [-0.3, -0.25) is 5.10 Å². The van der Waals surface area contributed by atoms with Gasteiger partial charge < -0.3 is 9.47 Å². The van der Waals surface area contributed by atoms with Gasteiger partial charge >= 0.3 is 0 Å². The average Bonchev–Trinajstić information content (AvgIpc) is 3.03. The molecule has 0 bridgehead atoms. The second-order valence-corrected chi connectivity index (χ2v) is 4.84. The summed E-state index contributed by atoms with van der Waals surface area (Å²) in [5.41, 5.74) is 1.82. The molecule has 0 fully saturated rings. The number of nitrogens with one attached hydrogen (secondary N) is 1. The SMILES string of the molecule is COc1ccccc1-c1cc(OCc2ccc(F)cc2F)n[nH]1. The van der Waals surface area contributed by atoms with E-state index in [-0.39, 0.29) is 12.2 Å². The van der Waals surface area contributed by atoms with E-state index in [2.05, 4.69) is 10.2 Å². The third-order valence-corrected chi connectivity index (χ3v) is 3.34. The van der Waals surface area contributed by atoms with Crippen molar-refractivity contribution < 1.29 is 18.3 Å². The molecule has 0 atom stereocenters. The third-order valence-electron chi connectivity index (χ3n) is 3.34.